The van der Waals surface area contributed by atoms with E-state index in [0.717, 1.165) is 22.1 Å². The lowest BCUT2D eigenvalue weighted by atomic mass is 9.78. The largest absolute Gasteiger partial charge is 0.496 e. The molecule has 0 aliphatic heterocycles. The molecule has 1 aliphatic rings. The molecule has 1 N–H and O–H groups in total. The molecule has 0 saturated heterocycles. The van der Waals surface area contributed by atoms with Gasteiger partial charge in [-0.15, -0.1) is 0 Å². The highest BCUT2D eigenvalue weighted by Gasteiger charge is 2.27. The van der Waals surface area contributed by atoms with E-state index >= 15 is 0 Å². The summed E-state index contributed by atoms with van der Waals surface area (Å²) in [5.74, 6) is 2.37. The van der Waals surface area contributed by atoms with Gasteiger partial charge >= 0.3 is 0 Å². The Balaban J connectivity index is 2.10. The Morgan fingerprint density at radius 3 is 2.44 bits per heavy atom. The van der Waals surface area contributed by atoms with Crippen LogP contribution in [-0.2, 0) is 0 Å². The van der Waals surface area contributed by atoms with Crippen molar-refractivity contribution in [1.29, 1.82) is 0 Å². The van der Waals surface area contributed by atoms with E-state index < -0.39 is 0 Å². The van der Waals surface area contributed by atoms with E-state index in [1.165, 1.54) is 24.9 Å². The van der Waals surface area contributed by atoms with E-state index in [-0.39, 0.29) is 0 Å². The molecule has 2 nitrogen and oxygen atoms in total. The minimum atomic E-state index is 0.582. The molecule has 1 fully saturated rings. The molecule has 0 heterocycles. The van der Waals surface area contributed by atoms with E-state index in [1.54, 1.807) is 7.11 Å². The Morgan fingerprint density at radius 2 is 1.89 bits per heavy atom. The number of hydrogen-bond acceptors (Lipinski definition) is 2. The number of benzene rings is 1. The van der Waals surface area contributed by atoms with Gasteiger partial charge in [0, 0.05) is 11.7 Å². The van der Waals surface area contributed by atoms with Gasteiger partial charge in [-0.3, -0.25) is 0 Å². The van der Waals surface area contributed by atoms with Crippen molar-refractivity contribution in [2.24, 2.45) is 11.8 Å². The summed E-state index contributed by atoms with van der Waals surface area (Å²) < 4.78 is 6.26. The zero-order chi connectivity index (χ0) is 13.1. The van der Waals surface area contributed by atoms with Crippen LogP contribution in [0.1, 0.15) is 33.1 Å². The summed E-state index contributed by atoms with van der Waals surface area (Å²) in [4.78, 5) is 0. The third kappa shape index (κ3) is 3.00. The van der Waals surface area contributed by atoms with Crippen LogP contribution in [0.5, 0.6) is 5.75 Å². The lowest BCUT2D eigenvalue weighted by Gasteiger charge is -2.36. The molecule has 0 radical (unpaired) electrons. The topological polar surface area (TPSA) is 21.3 Å². The van der Waals surface area contributed by atoms with E-state index in [1.807, 2.05) is 6.07 Å². The minimum absolute atomic E-state index is 0.582. The number of nitrogens with one attached hydrogen (secondary N) is 1. The molecular weight excluding hydrogens is 290 g/mol. The third-order valence-electron chi connectivity index (χ3n) is 4.03. The van der Waals surface area contributed by atoms with Crippen LogP contribution in [0, 0.1) is 11.8 Å². The fourth-order valence-corrected chi connectivity index (χ4v) is 3.46. The first-order chi connectivity index (χ1) is 8.61. The zero-order valence-corrected chi connectivity index (χ0v) is 13.0. The van der Waals surface area contributed by atoms with Crippen molar-refractivity contribution in [3.63, 3.8) is 0 Å². The van der Waals surface area contributed by atoms with Gasteiger partial charge in [0.1, 0.15) is 5.75 Å². The van der Waals surface area contributed by atoms with E-state index in [4.69, 9.17) is 4.74 Å². The Labute approximate surface area is 118 Å². The highest BCUT2D eigenvalue weighted by atomic mass is 79.9. The Kier molecular flexibility index (Phi) is 4.55. The van der Waals surface area contributed by atoms with Crippen molar-refractivity contribution in [1.82, 2.24) is 0 Å². The summed E-state index contributed by atoms with van der Waals surface area (Å²) in [5, 5.41) is 3.69. The average molecular weight is 312 g/mol. The zero-order valence-electron chi connectivity index (χ0n) is 11.4. The van der Waals surface area contributed by atoms with Crippen molar-refractivity contribution < 1.29 is 4.74 Å². The normalized spacial score (nSPS) is 27.9. The maximum absolute atomic E-state index is 5.26. The standard InChI is InChI=1S/C15H22BrNO/c1-10-5-4-6-11(2)15(10)17-12-7-8-14(18-3)13(16)9-12/h7-11,15,17H,4-6H2,1-3H3. The van der Waals surface area contributed by atoms with Gasteiger partial charge in [0.15, 0.2) is 0 Å². The van der Waals surface area contributed by atoms with Crippen LogP contribution in [0.2, 0.25) is 0 Å². The Morgan fingerprint density at radius 1 is 1.22 bits per heavy atom. The molecule has 0 bridgehead atoms. The molecule has 0 amide bonds. The van der Waals surface area contributed by atoms with Crippen LogP contribution in [-0.4, -0.2) is 13.2 Å². The van der Waals surface area contributed by atoms with E-state index in [9.17, 15) is 0 Å². The molecular formula is C15H22BrNO. The fraction of sp³-hybridized carbons (Fsp3) is 0.600. The predicted molar refractivity (Wildman–Crippen MR) is 80.3 cm³/mol. The lowest BCUT2D eigenvalue weighted by Crippen LogP contribution is -2.37. The van der Waals surface area contributed by atoms with Crippen molar-refractivity contribution in [3.05, 3.63) is 22.7 Å². The molecule has 2 atom stereocenters. The number of ether oxygens (including phenoxy) is 1. The quantitative estimate of drug-likeness (QED) is 0.874. The highest BCUT2D eigenvalue weighted by Crippen LogP contribution is 2.33. The molecule has 1 aromatic rings. The molecule has 18 heavy (non-hydrogen) atoms. The highest BCUT2D eigenvalue weighted by molar-refractivity contribution is 9.10. The Bertz CT molecular complexity index is 397. The number of anilines is 1. The van der Waals surface area contributed by atoms with Crippen LogP contribution >= 0.6 is 15.9 Å². The van der Waals surface area contributed by atoms with Crippen LogP contribution in [0.25, 0.3) is 0 Å². The summed E-state index contributed by atoms with van der Waals surface area (Å²) in [6, 6.07) is 6.79. The lowest BCUT2D eigenvalue weighted by molar-refractivity contribution is 0.268. The average Bonchev–Trinajstić information content (AvgIpc) is 2.34. The first kappa shape index (κ1) is 13.7. The van der Waals surface area contributed by atoms with Crippen molar-refractivity contribution in [2.75, 3.05) is 12.4 Å². The second-order valence-electron chi connectivity index (χ2n) is 5.40. The van der Waals surface area contributed by atoms with Gasteiger partial charge in [-0.1, -0.05) is 20.3 Å². The maximum atomic E-state index is 5.26. The SMILES string of the molecule is COc1ccc(NC2C(C)CCCC2C)cc1Br. The van der Waals surface area contributed by atoms with Crippen molar-refractivity contribution in [2.45, 2.75) is 39.2 Å². The number of hydrogen-bond donors (Lipinski definition) is 1. The molecule has 2 unspecified atom stereocenters. The molecule has 0 spiro atoms. The van der Waals surface area contributed by atoms with Crippen LogP contribution in [0.4, 0.5) is 5.69 Å². The number of halogens is 1. The Hall–Kier alpha value is -0.700. The van der Waals surface area contributed by atoms with Crippen molar-refractivity contribution >= 4 is 21.6 Å². The molecule has 3 heteroatoms. The van der Waals surface area contributed by atoms with Crippen molar-refractivity contribution in [3.8, 4) is 5.75 Å². The van der Waals surface area contributed by atoms with Gasteiger partial charge in [-0.2, -0.15) is 0 Å². The van der Waals surface area contributed by atoms with Gasteiger partial charge in [0.25, 0.3) is 0 Å². The first-order valence-corrected chi connectivity index (χ1v) is 7.51. The van der Waals surface area contributed by atoms with E-state index in [0.29, 0.717) is 6.04 Å². The van der Waals surface area contributed by atoms with Gasteiger partial charge in [-0.05, 0) is 58.8 Å². The third-order valence-corrected chi connectivity index (χ3v) is 4.65. The summed E-state index contributed by atoms with van der Waals surface area (Å²) >= 11 is 3.54. The van der Waals surface area contributed by atoms with Gasteiger partial charge in [-0.25, -0.2) is 0 Å². The maximum Gasteiger partial charge on any atom is 0.133 e. The summed E-state index contributed by atoms with van der Waals surface area (Å²) in [7, 11) is 1.69. The predicted octanol–water partition coefficient (Wildman–Crippen LogP) is 4.69. The molecule has 1 aromatic carbocycles. The molecule has 0 aromatic heterocycles. The summed E-state index contributed by atoms with van der Waals surface area (Å²) in [6.45, 7) is 4.71. The molecule has 1 aliphatic carbocycles. The van der Waals surface area contributed by atoms with Crippen LogP contribution in [0.3, 0.4) is 0 Å². The van der Waals surface area contributed by atoms with Gasteiger partial charge in [0.2, 0.25) is 0 Å². The summed E-state index contributed by atoms with van der Waals surface area (Å²) in [6.07, 6.45) is 4.03. The number of rotatable bonds is 3. The minimum Gasteiger partial charge on any atom is -0.496 e. The molecule has 1 saturated carbocycles. The van der Waals surface area contributed by atoms with Gasteiger partial charge in [0.05, 0.1) is 11.6 Å². The van der Waals surface area contributed by atoms with Crippen LogP contribution < -0.4 is 10.1 Å². The van der Waals surface area contributed by atoms with Crippen LogP contribution in [0.15, 0.2) is 22.7 Å². The monoisotopic (exact) mass is 311 g/mol. The first-order valence-electron chi connectivity index (χ1n) is 6.72. The smallest absolute Gasteiger partial charge is 0.133 e. The fourth-order valence-electron chi connectivity index (χ4n) is 2.91. The number of methoxy groups -OCH3 is 1. The van der Waals surface area contributed by atoms with Gasteiger partial charge < -0.3 is 10.1 Å². The second-order valence-corrected chi connectivity index (χ2v) is 6.26. The molecule has 100 valence electrons. The second kappa shape index (κ2) is 5.96. The molecule has 2 rings (SSSR count). The van der Waals surface area contributed by atoms with E-state index in [2.05, 4.69) is 47.2 Å². The summed E-state index contributed by atoms with van der Waals surface area (Å²) in [5.41, 5.74) is 1.17.